The summed E-state index contributed by atoms with van der Waals surface area (Å²) >= 11 is 5.79. The molecule has 1 heterocycles. The first-order chi connectivity index (χ1) is 14.1. The van der Waals surface area contributed by atoms with Crippen molar-refractivity contribution in [3.63, 3.8) is 0 Å². The fraction of sp³-hybridized carbons (Fsp3) is 0.391. The fourth-order valence-electron chi connectivity index (χ4n) is 4.28. The minimum Gasteiger partial charge on any atom is -0.445 e. The summed E-state index contributed by atoms with van der Waals surface area (Å²) < 4.78 is 5.65. The van der Waals surface area contributed by atoms with Gasteiger partial charge < -0.3 is 10.1 Å². The van der Waals surface area contributed by atoms with Crippen molar-refractivity contribution in [2.45, 2.75) is 43.4 Å². The van der Waals surface area contributed by atoms with E-state index in [4.69, 9.17) is 16.3 Å². The van der Waals surface area contributed by atoms with E-state index in [-0.39, 0.29) is 30.0 Å². The summed E-state index contributed by atoms with van der Waals surface area (Å²) in [5.41, 5.74) is 1.13. The largest absolute Gasteiger partial charge is 0.445 e. The normalized spacial score (nSPS) is 22.2. The molecular weight excluding hydrogens is 388 g/mol. The van der Waals surface area contributed by atoms with Crippen LogP contribution >= 0.6 is 11.6 Å². The van der Waals surface area contributed by atoms with Crippen molar-refractivity contribution in [1.82, 2.24) is 10.2 Å². The van der Waals surface area contributed by atoms with E-state index in [0.717, 1.165) is 36.8 Å². The smallest absolute Gasteiger partial charge is 0.410 e. The van der Waals surface area contributed by atoms with Crippen LogP contribution in [0.5, 0.6) is 0 Å². The molecule has 1 saturated carbocycles. The lowest BCUT2D eigenvalue weighted by molar-refractivity contribution is -0.122. The van der Waals surface area contributed by atoms with Crippen LogP contribution in [0.2, 0.25) is 0 Å². The van der Waals surface area contributed by atoms with Gasteiger partial charge in [0.2, 0.25) is 5.91 Å². The predicted molar refractivity (Wildman–Crippen MR) is 112 cm³/mol. The molecule has 0 radical (unpaired) electrons. The Morgan fingerprint density at radius 3 is 2.21 bits per heavy atom. The van der Waals surface area contributed by atoms with Gasteiger partial charge in [-0.1, -0.05) is 60.7 Å². The van der Waals surface area contributed by atoms with E-state index in [0.29, 0.717) is 6.54 Å². The Morgan fingerprint density at radius 2 is 1.59 bits per heavy atom. The topological polar surface area (TPSA) is 58.6 Å². The summed E-state index contributed by atoms with van der Waals surface area (Å²) in [6, 6.07) is 19.5. The maximum absolute atomic E-state index is 13.1. The molecule has 0 bridgehead atoms. The first kappa shape index (κ1) is 19.8. The number of nitrogens with one attached hydrogen (secondary N) is 1. The van der Waals surface area contributed by atoms with Gasteiger partial charge in [-0.3, -0.25) is 9.69 Å². The van der Waals surface area contributed by atoms with Crippen molar-refractivity contribution < 1.29 is 14.3 Å². The Balaban J connectivity index is 1.57. The van der Waals surface area contributed by atoms with E-state index in [9.17, 15) is 9.59 Å². The minimum absolute atomic E-state index is 0.113. The van der Waals surface area contributed by atoms with E-state index in [2.05, 4.69) is 5.32 Å². The molecule has 1 saturated heterocycles. The second-order valence-corrected chi connectivity index (χ2v) is 8.25. The molecular formula is C23H25ClN2O3. The fourth-order valence-corrected chi connectivity index (χ4v) is 4.35. The zero-order valence-corrected chi connectivity index (χ0v) is 17.0. The number of halogens is 1. The number of ether oxygens (including phenoxy) is 1. The number of piperidine rings is 1. The van der Waals surface area contributed by atoms with E-state index in [1.165, 1.54) is 0 Å². The van der Waals surface area contributed by atoms with Crippen molar-refractivity contribution in [3.05, 3.63) is 71.8 Å². The highest BCUT2D eigenvalue weighted by atomic mass is 35.5. The van der Waals surface area contributed by atoms with Crippen LogP contribution < -0.4 is 5.32 Å². The van der Waals surface area contributed by atoms with Gasteiger partial charge >= 0.3 is 6.09 Å². The third kappa shape index (κ3) is 4.10. The molecule has 1 aliphatic carbocycles. The highest BCUT2D eigenvalue weighted by Gasteiger charge is 2.57. The SMILES string of the molecule is O=C(CCl)NC1(c2ccccc2)CCC2(CC2)N(C(=O)OCc2ccccc2)C1. The molecule has 6 heteroatoms. The van der Waals surface area contributed by atoms with E-state index in [1.807, 2.05) is 65.6 Å². The Kier molecular flexibility index (Phi) is 5.50. The zero-order valence-electron chi connectivity index (χ0n) is 16.3. The number of likely N-dealkylation sites (tertiary alicyclic amines) is 1. The van der Waals surface area contributed by atoms with Gasteiger partial charge in [0.25, 0.3) is 0 Å². The Labute approximate surface area is 176 Å². The van der Waals surface area contributed by atoms with Crippen LogP contribution in [0.3, 0.4) is 0 Å². The third-order valence-electron chi connectivity index (χ3n) is 6.10. The van der Waals surface area contributed by atoms with Crippen molar-refractivity contribution in [2.24, 2.45) is 0 Å². The second kappa shape index (κ2) is 8.07. The lowest BCUT2D eigenvalue weighted by atomic mass is 9.79. The molecule has 4 rings (SSSR count). The summed E-state index contributed by atoms with van der Waals surface area (Å²) in [5.74, 6) is -0.349. The molecule has 2 aromatic rings. The van der Waals surface area contributed by atoms with E-state index < -0.39 is 5.54 Å². The number of benzene rings is 2. The van der Waals surface area contributed by atoms with Gasteiger partial charge in [-0.2, -0.15) is 0 Å². The maximum atomic E-state index is 13.1. The van der Waals surface area contributed by atoms with Crippen LogP contribution in [0.1, 0.15) is 36.8 Å². The average Bonchev–Trinajstić information content (AvgIpc) is 3.55. The number of carbonyl (C=O) groups excluding carboxylic acids is 2. The number of alkyl halides is 1. The van der Waals surface area contributed by atoms with Crippen LogP contribution in [0.25, 0.3) is 0 Å². The molecule has 1 atom stereocenters. The molecule has 2 amide bonds. The van der Waals surface area contributed by atoms with Crippen LogP contribution in [-0.2, 0) is 21.7 Å². The Morgan fingerprint density at radius 1 is 0.966 bits per heavy atom. The summed E-state index contributed by atoms with van der Waals surface area (Å²) in [6.45, 7) is 0.617. The minimum atomic E-state index is -0.660. The molecule has 0 aromatic heterocycles. The first-order valence-corrected chi connectivity index (χ1v) is 10.5. The zero-order chi connectivity index (χ0) is 20.3. The molecule has 29 heavy (non-hydrogen) atoms. The van der Waals surface area contributed by atoms with Gasteiger partial charge in [0.05, 0.1) is 12.1 Å². The van der Waals surface area contributed by atoms with Gasteiger partial charge in [0, 0.05) is 5.54 Å². The number of hydrogen-bond donors (Lipinski definition) is 1. The Hall–Kier alpha value is -2.53. The predicted octanol–water partition coefficient (Wildman–Crippen LogP) is 4.20. The summed E-state index contributed by atoms with van der Waals surface area (Å²) in [4.78, 5) is 27.1. The van der Waals surface area contributed by atoms with Gasteiger partial charge in [-0.15, -0.1) is 11.6 Å². The van der Waals surface area contributed by atoms with Crippen LogP contribution in [0.15, 0.2) is 60.7 Å². The first-order valence-electron chi connectivity index (χ1n) is 9.98. The molecule has 1 aliphatic heterocycles. The summed E-state index contributed by atoms with van der Waals surface area (Å²) in [7, 11) is 0. The highest BCUT2D eigenvalue weighted by molar-refractivity contribution is 6.27. The molecule has 2 aromatic carbocycles. The maximum Gasteiger partial charge on any atom is 0.410 e. The van der Waals surface area contributed by atoms with Gasteiger partial charge in [-0.05, 0) is 36.8 Å². The highest BCUT2D eigenvalue weighted by Crippen LogP contribution is 2.52. The third-order valence-corrected chi connectivity index (χ3v) is 6.34. The van der Waals surface area contributed by atoms with Crippen molar-refractivity contribution in [1.29, 1.82) is 0 Å². The van der Waals surface area contributed by atoms with Gasteiger partial charge in [-0.25, -0.2) is 4.79 Å². The van der Waals surface area contributed by atoms with E-state index in [1.54, 1.807) is 0 Å². The quantitative estimate of drug-likeness (QED) is 0.748. The summed E-state index contributed by atoms with van der Waals surface area (Å²) in [5, 5.41) is 3.10. The second-order valence-electron chi connectivity index (χ2n) is 7.98. The van der Waals surface area contributed by atoms with Crippen molar-refractivity contribution >= 4 is 23.6 Å². The molecule has 1 N–H and O–H groups in total. The monoisotopic (exact) mass is 412 g/mol. The summed E-state index contributed by atoms with van der Waals surface area (Å²) in [6.07, 6.45) is 3.21. The number of amides is 2. The molecule has 2 fully saturated rings. The standard InChI is InChI=1S/C23H25ClN2O3/c24-15-20(27)25-23(19-9-5-2-6-10-19)14-13-22(11-12-22)26(17-23)21(28)29-16-18-7-3-1-4-8-18/h1-10H,11-17H2,(H,25,27). The lowest BCUT2D eigenvalue weighted by Gasteiger charge is -2.47. The molecule has 5 nitrogen and oxygen atoms in total. The van der Waals surface area contributed by atoms with Crippen LogP contribution in [-0.4, -0.2) is 34.9 Å². The van der Waals surface area contributed by atoms with Crippen molar-refractivity contribution in [3.8, 4) is 0 Å². The number of hydrogen-bond acceptors (Lipinski definition) is 3. The molecule has 1 unspecified atom stereocenters. The van der Waals surface area contributed by atoms with Gasteiger partial charge in [0.15, 0.2) is 0 Å². The van der Waals surface area contributed by atoms with Crippen molar-refractivity contribution in [2.75, 3.05) is 12.4 Å². The molecule has 1 spiro atoms. The van der Waals surface area contributed by atoms with Crippen LogP contribution in [0.4, 0.5) is 4.79 Å². The molecule has 152 valence electrons. The molecule has 2 aliphatic rings. The lowest BCUT2D eigenvalue weighted by Crippen LogP contribution is -2.61. The van der Waals surface area contributed by atoms with E-state index >= 15 is 0 Å². The van der Waals surface area contributed by atoms with Gasteiger partial charge in [0.1, 0.15) is 12.5 Å². The number of rotatable bonds is 5. The van der Waals surface area contributed by atoms with Crippen LogP contribution in [0, 0.1) is 0 Å². The number of nitrogens with zero attached hydrogens (tertiary/aromatic N) is 1. The Bertz CT molecular complexity index is 870. The number of carbonyl (C=O) groups is 2. The average molecular weight is 413 g/mol.